The fourth-order valence-corrected chi connectivity index (χ4v) is 1.42. The Labute approximate surface area is 107 Å². The van der Waals surface area contributed by atoms with Gasteiger partial charge in [0.25, 0.3) is 0 Å². The Kier molecular flexibility index (Phi) is 3.50. The van der Waals surface area contributed by atoms with Gasteiger partial charge in [-0.3, -0.25) is 0 Å². The summed E-state index contributed by atoms with van der Waals surface area (Å²) in [6, 6.07) is -0.458. The van der Waals surface area contributed by atoms with Crippen molar-refractivity contribution in [1.82, 2.24) is 15.5 Å². The summed E-state index contributed by atoms with van der Waals surface area (Å²) in [5.41, 5.74) is 0. The first-order chi connectivity index (χ1) is 8.85. The molecule has 1 unspecified atom stereocenters. The van der Waals surface area contributed by atoms with E-state index in [-0.39, 0.29) is 11.7 Å². The van der Waals surface area contributed by atoms with E-state index in [4.69, 9.17) is 4.42 Å². The Hall–Kier alpha value is -1.99. The predicted octanol–water partition coefficient (Wildman–Crippen LogP) is 2.77. The van der Waals surface area contributed by atoms with Gasteiger partial charge < -0.3 is 14.5 Å². The van der Waals surface area contributed by atoms with Crippen molar-refractivity contribution < 1.29 is 22.3 Å². The van der Waals surface area contributed by atoms with Crippen LogP contribution in [-0.4, -0.2) is 16.6 Å². The van der Waals surface area contributed by atoms with Gasteiger partial charge in [0, 0.05) is 12.1 Å². The van der Waals surface area contributed by atoms with Crippen molar-refractivity contribution in [3.05, 3.63) is 35.9 Å². The summed E-state index contributed by atoms with van der Waals surface area (Å²) in [7, 11) is 0. The number of halogens is 3. The van der Waals surface area contributed by atoms with Gasteiger partial charge in [-0.15, -0.1) is 23.4 Å². The van der Waals surface area contributed by atoms with E-state index in [9.17, 15) is 13.2 Å². The molecule has 0 aliphatic carbocycles. The van der Waals surface area contributed by atoms with Crippen molar-refractivity contribution in [2.75, 3.05) is 0 Å². The maximum absolute atomic E-state index is 12.0. The van der Waals surface area contributed by atoms with Crippen LogP contribution >= 0.6 is 0 Å². The summed E-state index contributed by atoms with van der Waals surface area (Å²) >= 11 is 0. The highest BCUT2D eigenvalue weighted by atomic mass is 19.4. The Morgan fingerprint density at radius 1 is 1.37 bits per heavy atom. The van der Waals surface area contributed by atoms with Crippen LogP contribution in [0.5, 0.6) is 0 Å². The number of hydrogen-bond donors (Lipinski definition) is 1. The number of hydrogen-bond acceptors (Lipinski definition) is 5. The zero-order chi connectivity index (χ0) is 14.0. The molecule has 0 radical (unpaired) electrons. The van der Waals surface area contributed by atoms with E-state index in [1.807, 2.05) is 13.8 Å². The molecule has 2 rings (SSSR count). The monoisotopic (exact) mass is 275 g/mol. The third-order valence-corrected chi connectivity index (χ3v) is 2.31. The van der Waals surface area contributed by atoms with Crippen LogP contribution in [0.4, 0.5) is 13.2 Å². The van der Waals surface area contributed by atoms with Gasteiger partial charge in [0.15, 0.2) is 0 Å². The maximum atomic E-state index is 12.0. The largest absolute Gasteiger partial charge is 0.573 e. The van der Waals surface area contributed by atoms with Crippen LogP contribution in [0, 0.1) is 0 Å². The molecule has 19 heavy (non-hydrogen) atoms. The fourth-order valence-electron chi connectivity index (χ4n) is 1.42. The Morgan fingerprint density at radius 2 is 2.11 bits per heavy atom. The summed E-state index contributed by atoms with van der Waals surface area (Å²) < 4.78 is 45.1. The molecule has 0 aromatic carbocycles. The van der Waals surface area contributed by atoms with Gasteiger partial charge in [-0.2, -0.15) is 0 Å². The van der Waals surface area contributed by atoms with E-state index in [1.165, 1.54) is 12.2 Å². The molecule has 1 aliphatic rings. The lowest BCUT2D eigenvalue weighted by Crippen LogP contribution is -2.20. The molecule has 0 amide bonds. The minimum atomic E-state index is -4.71. The van der Waals surface area contributed by atoms with Gasteiger partial charge in [0.05, 0.1) is 0 Å². The fraction of sp³-hybridized carbons (Fsp3) is 0.455. The van der Waals surface area contributed by atoms with Gasteiger partial charge in [-0.1, -0.05) is 13.8 Å². The van der Waals surface area contributed by atoms with E-state index < -0.39 is 12.4 Å². The molecule has 1 aliphatic heterocycles. The van der Waals surface area contributed by atoms with Gasteiger partial charge in [0.2, 0.25) is 11.8 Å². The molecular weight excluding hydrogens is 263 g/mol. The second-order valence-corrected chi connectivity index (χ2v) is 4.23. The summed E-state index contributed by atoms with van der Waals surface area (Å²) in [6.45, 7) is 3.80. The minimum absolute atomic E-state index is 0.0912. The molecule has 2 heterocycles. The summed E-state index contributed by atoms with van der Waals surface area (Å²) in [5, 5.41) is 10.4. The first kappa shape index (κ1) is 13.4. The number of dihydropyridines is 1. The number of allylic oxidation sites excluding steroid dienone is 1. The lowest BCUT2D eigenvalue weighted by Gasteiger charge is -2.16. The highest BCUT2D eigenvalue weighted by Crippen LogP contribution is 2.25. The third-order valence-electron chi connectivity index (χ3n) is 2.31. The van der Waals surface area contributed by atoms with Crippen LogP contribution in [-0.2, 0) is 4.74 Å². The van der Waals surface area contributed by atoms with E-state index in [0.29, 0.717) is 11.8 Å². The van der Waals surface area contributed by atoms with Crippen molar-refractivity contribution in [2.45, 2.75) is 32.2 Å². The van der Waals surface area contributed by atoms with Crippen LogP contribution in [0.2, 0.25) is 0 Å². The smallest absolute Gasteiger partial charge is 0.422 e. The molecule has 0 spiro atoms. The first-order valence-electron chi connectivity index (χ1n) is 5.58. The van der Waals surface area contributed by atoms with Crippen LogP contribution in [0.3, 0.4) is 0 Å². The Bertz CT molecular complexity index is 506. The molecule has 104 valence electrons. The topological polar surface area (TPSA) is 60.2 Å². The molecule has 0 fully saturated rings. The predicted molar refractivity (Wildman–Crippen MR) is 58.6 cm³/mol. The standard InChI is InChI=1S/C11H12F3N3O2/c1-6(2)9-16-17-10(18-9)8-4-3-7(5-15-8)19-11(12,13)14/h3-6,8,15H,1-2H3. The molecule has 5 nitrogen and oxygen atoms in total. The highest BCUT2D eigenvalue weighted by Gasteiger charge is 2.32. The average molecular weight is 275 g/mol. The Morgan fingerprint density at radius 3 is 2.58 bits per heavy atom. The summed E-state index contributed by atoms with van der Waals surface area (Å²) in [6.07, 6.45) is -0.940. The molecule has 0 saturated carbocycles. The number of nitrogens with zero attached hydrogens (tertiary/aromatic N) is 2. The third kappa shape index (κ3) is 3.49. The second kappa shape index (κ2) is 4.94. The van der Waals surface area contributed by atoms with E-state index in [0.717, 1.165) is 6.20 Å². The van der Waals surface area contributed by atoms with Gasteiger partial charge in [-0.05, 0) is 12.2 Å². The number of rotatable bonds is 3. The van der Waals surface area contributed by atoms with Crippen molar-refractivity contribution in [2.24, 2.45) is 0 Å². The van der Waals surface area contributed by atoms with E-state index >= 15 is 0 Å². The number of alkyl halides is 3. The van der Waals surface area contributed by atoms with Crippen molar-refractivity contribution in [1.29, 1.82) is 0 Å². The molecular formula is C11H12F3N3O2. The van der Waals surface area contributed by atoms with E-state index in [1.54, 1.807) is 0 Å². The molecule has 8 heteroatoms. The summed E-state index contributed by atoms with van der Waals surface area (Å²) in [5.74, 6) is 0.537. The molecule has 0 saturated heterocycles. The lowest BCUT2D eigenvalue weighted by molar-refractivity contribution is -0.303. The zero-order valence-corrected chi connectivity index (χ0v) is 10.2. The van der Waals surface area contributed by atoms with Crippen LogP contribution < -0.4 is 5.32 Å². The minimum Gasteiger partial charge on any atom is -0.422 e. The maximum Gasteiger partial charge on any atom is 0.573 e. The molecule has 1 N–H and O–H groups in total. The van der Waals surface area contributed by atoms with Crippen LogP contribution in [0.25, 0.3) is 0 Å². The molecule has 1 aromatic heterocycles. The van der Waals surface area contributed by atoms with Crippen molar-refractivity contribution in [3.63, 3.8) is 0 Å². The van der Waals surface area contributed by atoms with E-state index in [2.05, 4.69) is 20.3 Å². The van der Waals surface area contributed by atoms with Gasteiger partial charge >= 0.3 is 6.36 Å². The summed E-state index contributed by atoms with van der Waals surface area (Å²) in [4.78, 5) is 0. The zero-order valence-electron chi connectivity index (χ0n) is 10.2. The lowest BCUT2D eigenvalue weighted by atomic mass is 10.2. The van der Waals surface area contributed by atoms with Gasteiger partial charge in [0.1, 0.15) is 11.8 Å². The molecule has 0 bridgehead atoms. The average Bonchev–Trinajstić information content (AvgIpc) is 2.77. The number of ether oxygens (including phenoxy) is 1. The number of aromatic nitrogens is 2. The second-order valence-electron chi connectivity index (χ2n) is 4.23. The quantitative estimate of drug-likeness (QED) is 0.919. The number of nitrogens with one attached hydrogen (secondary N) is 1. The SMILES string of the molecule is CC(C)c1nnc(C2C=CC(OC(F)(F)F)=CN2)o1. The highest BCUT2D eigenvalue weighted by molar-refractivity contribution is 5.21. The van der Waals surface area contributed by atoms with Crippen LogP contribution in [0.1, 0.15) is 37.6 Å². The molecule has 1 atom stereocenters. The first-order valence-corrected chi connectivity index (χ1v) is 5.58. The van der Waals surface area contributed by atoms with Gasteiger partial charge in [-0.25, -0.2) is 0 Å². The van der Waals surface area contributed by atoms with Crippen molar-refractivity contribution in [3.8, 4) is 0 Å². The van der Waals surface area contributed by atoms with Crippen LogP contribution in [0.15, 0.2) is 28.5 Å². The molecule has 1 aromatic rings. The normalized spacial score (nSPS) is 19.3. The Balaban J connectivity index is 2.01. The van der Waals surface area contributed by atoms with Crippen molar-refractivity contribution >= 4 is 0 Å².